The molecule has 8 nitrogen and oxygen atoms in total. The molecule has 2 N–H and O–H groups in total. The van der Waals surface area contributed by atoms with Gasteiger partial charge in [0.05, 0.1) is 18.6 Å². The van der Waals surface area contributed by atoms with E-state index in [0.717, 1.165) is 5.75 Å². The monoisotopic (exact) mass is 400 g/mol. The van der Waals surface area contributed by atoms with Crippen molar-refractivity contribution in [3.63, 3.8) is 0 Å². The maximum atomic E-state index is 12.5. The Kier molecular flexibility index (Phi) is 6.49. The number of rotatable bonds is 10. The minimum Gasteiger partial charge on any atom is -0.494 e. The van der Waals surface area contributed by atoms with Crippen LogP contribution in [-0.2, 0) is 11.3 Å². The summed E-state index contributed by atoms with van der Waals surface area (Å²) in [7, 11) is 0. The molecule has 2 aromatic heterocycles. The molecule has 0 aliphatic rings. The highest BCUT2D eigenvalue weighted by molar-refractivity contribution is 7.99. The van der Waals surface area contributed by atoms with Gasteiger partial charge in [-0.25, -0.2) is 0 Å². The summed E-state index contributed by atoms with van der Waals surface area (Å²) in [6.07, 6.45) is 1.66. The van der Waals surface area contributed by atoms with Gasteiger partial charge in [-0.2, -0.15) is 0 Å². The fourth-order valence-electron chi connectivity index (χ4n) is 2.52. The average molecular weight is 400 g/mol. The number of Topliss-reactive ketones (excluding diaryl/α,β-unsaturated/α-hetero) is 1. The van der Waals surface area contributed by atoms with Crippen LogP contribution in [0.2, 0.25) is 0 Å². The van der Waals surface area contributed by atoms with Crippen LogP contribution in [0.25, 0.3) is 11.6 Å². The quantitative estimate of drug-likeness (QED) is 0.411. The molecule has 28 heavy (non-hydrogen) atoms. The van der Waals surface area contributed by atoms with Crippen molar-refractivity contribution in [3.05, 3.63) is 48.2 Å². The van der Waals surface area contributed by atoms with Crippen molar-refractivity contribution in [3.8, 4) is 17.3 Å². The molecule has 1 amide bonds. The predicted molar refractivity (Wildman–Crippen MR) is 104 cm³/mol. The van der Waals surface area contributed by atoms with Gasteiger partial charge in [-0.15, -0.1) is 10.2 Å². The zero-order valence-electron chi connectivity index (χ0n) is 15.3. The van der Waals surface area contributed by atoms with E-state index in [2.05, 4.69) is 10.2 Å². The molecular formula is C19H20N4O4S. The number of hydrogen-bond acceptors (Lipinski definition) is 7. The standard InChI is InChI=1S/C19H20N4O4S/c1-2-26-14-7-5-13(6-8-14)15(24)12-28-19-22-21-18(16-4-3-11-27-16)23(19)10-9-17(20)25/h3-8,11H,2,9-10,12H2,1H3,(H2,20,25). The molecule has 0 aliphatic heterocycles. The first kappa shape index (κ1) is 19.7. The summed E-state index contributed by atoms with van der Waals surface area (Å²) in [5, 5.41) is 8.80. The third-order valence-corrected chi connectivity index (χ3v) is 4.83. The van der Waals surface area contributed by atoms with Gasteiger partial charge < -0.3 is 14.9 Å². The van der Waals surface area contributed by atoms with E-state index in [1.807, 2.05) is 6.92 Å². The lowest BCUT2D eigenvalue weighted by Crippen LogP contribution is -2.15. The first-order chi connectivity index (χ1) is 13.6. The lowest BCUT2D eigenvalue weighted by molar-refractivity contribution is -0.118. The molecule has 0 saturated heterocycles. The maximum Gasteiger partial charge on any atom is 0.219 e. The van der Waals surface area contributed by atoms with E-state index in [-0.39, 0.29) is 18.0 Å². The summed E-state index contributed by atoms with van der Waals surface area (Å²) in [6.45, 7) is 2.78. The second kappa shape index (κ2) is 9.23. The van der Waals surface area contributed by atoms with Gasteiger partial charge >= 0.3 is 0 Å². The Morgan fingerprint density at radius 1 is 1.21 bits per heavy atom. The van der Waals surface area contributed by atoms with Gasteiger partial charge in [0.1, 0.15) is 5.75 Å². The number of amides is 1. The molecule has 146 valence electrons. The zero-order chi connectivity index (χ0) is 19.9. The lowest BCUT2D eigenvalue weighted by Gasteiger charge is -2.08. The normalized spacial score (nSPS) is 10.8. The van der Waals surface area contributed by atoms with Crippen LogP contribution in [0.3, 0.4) is 0 Å². The SMILES string of the molecule is CCOc1ccc(C(=O)CSc2nnc(-c3ccco3)n2CCC(N)=O)cc1. The highest BCUT2D eigenvalue weighted by Crippen LogP contribution is 2.25. The number of furan rings is 1. The Bertz CT molecular complexity index is 936. The van der Waals surface area contributed by atoms with E-state index in [1.165, 1.54) is 18.0 Å². The van der Waals surface area contributed by atoms with Crippen LogP contribution >= 0.6 is 11.8 Å². The van der Waals surface area contributed by atoms with Crippen LogP contribution in [0.4, 0.5) is 0 Å². The van der Waals surface area contributed by atoms with Crippen LogP contribution in [0, 0.1) is 0 Å². The summed E-state index contributed by atoms with van der Waals surface area (Å²) >= 11 is 1.25. The van der Waals surface area contributed by atoms with E-state index in [0.29, 0.717) is 35.5 Å². The van der Waals surface area contributed by atoms with Crippen molar-refractivity contribution in [1.82, 2.24) is 14.8 Å². The van der Waals surface area contributed by atoms with E-state index < -0.39 is 5.91 Å². The number of carbonyl (C=O) groups is 2. The van der Waals surface area contributed by atoms with Gasteiger partial charge in [-0.1, -0.05) is 11.8 Å². The summed E-state index contributed by atoms with van der Waals surface area (Å²) in [6, 6.07) is 10.5. The van der Waals surface area contributed by atoms with Crippen molar-refractivity contribution in [2.75, 3.05) is 12.4 Å². The summed E-state index contributed by atoms with van der Waals surface area (Å²) in [5.74, 6) is 1.45. The van der Waals surface area contributed by atoms with Gasteiger partial charge in [0.15, 0.2) is 22.5 Å². The molecule has 0 saturated carbocycles. The second-order valence-corrected chi connectivity index (χ2v) is 6.76. The first-order valence-electron chi connectivity index (χ1n) is 8.72. The number of nitrogens with two attached hydrogens (primary N) is 1. The van der Waals surface area contributed by atoms with Crippen LogP contribution in [0.15, 0.2) is 52.2 Å². The molecule has 0 atom stereocenters. The van der Waals surface area contributed by atoms with Crippen LogP contribution in [-0.4, -0.2) is 38.8 Å². The topological polar surface area (TPSA) is 113 Å². The smallest absolute Gasteiger partial charge is 0.219 e. The van der Waals surface area contributed by atoms with Gasteiger partial charge in [0.2, 0.25) is 5.91 Å². The Morgan fingerprint density at radius 3 is 2.64 bits per heavy atom. The Morgan fingerprint density at radius 2 is 2.00 bits per heavy atom. The fraction of sp³-hybridized carbons (Fsp3) is 0.263. The predicted octanol–water partition coefficient (Wildman–Crippen LogP) is 2.79. The third kappa shape index (κ3) is 4.80. The molecule has 3 aromatic rings. The first-order valence-corrected chi connectivity index (χ1v) is 9.71. The Hall–Kier alpha value is -3.07. The molecule has 1 aromatic carbocycles. The zero-order valence-corrected chi connectivity index (χ0v) is 16.1. The van der Waals surface area contributed by atoms with Gasteiger partial charge in [-0.3, -0.25) is 14.2 Å². The van der Waals surface area contributed by atoms with Crippen LogP contribution in [0.1, 0.15) is 23.7 Å². The number of thioether (sulfide) groups is 1. The van der Waals surface area contributed by atoms with Crippen LogP contribution in [0.5, 0.6) is 5.75 Å². The van der Waals surface area contributed by atoms with Gasteiger partial charge in [0, 0.05) is 18.5 Å². The molecule has 2 heterocycles. The molecule has 0 spiro atoms. The summed E-state index contributed by atoms with van der Waals surface area (Å²) in [5.41, 5.74) is 5.86. The second-order valence-electron chi connectivity index (χ2n) is 5.82. The third-order valence-electron chi connectivity index (χ3n) is 3.86. The minimum atomic E-state index is -0.430. The van der Waals surface area contributed by atoms with E-state index in [1.54, 1.807) is 41.0 Å². The van der Waals surface area contributed by atoms with Crippen molar-refractivity contribution in [2.24, 2.45) is 5.73 Å². The van der Waals surface area contributed by atoms with Gasteiger partial charge in [-0.05, 0) is 43.3 Å². The molecule has 9 heteroatoms. The average Bonchev–Trinajstić information content (AvgIpc) is 3.34. The van der Waals surface area contributed by atoms with E-state index in [9.17, 15) is 9.59 Å². The number of carbonyl (C=O) groups excluding carboxylic acids is 2. The number of nitrogens with zero attached hydrogens (tertiary/aromatic N) is 3. The molecule has 0 radical (unpaired) electrons. The Balaban J connectivity index is 1.72. The molecule has 0 aliphatic carbocycles. The number of ether oxygens (including phenoxy) is 1. The highest BCUT2D eigenvalue weighted by atomic mass is 32.2. The van der Waals surface area contributed by atoms with Crippen molar-refractivity contribution >= 4 is 23.5 Å². The largest absolute Gasteiger partial charge is 0.494 e. The number of benzene rings is 1. The number of hydrogen-bond donors (Lipinski definition) is 1. The fourth-order valence-corrected chi connectivity index (χ4v) is 3.38. The van der Waals surface area contributed by atoms with Gasteiger partial charge in [0.25, 0.3) is 0 Å². The number of ketones is 1. The summed E-state index contributed by atoms with van der Waals surface area (Å²) in [4.78, 5) is 23.7. The molecule has 0 unspecified atom stereocenters. The molecule has 3 rings (SSSR count). The maximum absolute atomic E-state index is 12.5. The highest BCUT2D eigenvalue weighted by Gasteiger charge is 2.18. The van der Waals surface area contributed by atoms with Crippen molar-refractivity contribution in [1.29, 1.82) is 0 Å². The molecule has 0 bridgehead atoms. The molecule has 0 fully saturated rings. The number of aromatic nitrogens is 3. The summed E-state index contributed by atoms with van der Waals surface area (Å²) < 4.78 is 12.5. The van der Waals surface area contributed by atoms with Crippen molar-refractivity contribution < 1.29 is 18.7 Å². The minimum absolute atomic E-state index is 0.0444. The molecular weight excluding hydrogens is 380 g/mol. The lowest BCUT2D eigenvalue weighted by atomic mass is 10.1. The number of primary amides is 1. The Labute approximate surface area is 166 Å². The van der Waals surface area contributed by atoms with Crippen molar-refractivity contribution in [2.45, 2.75) is 25.0 Å². The van der Waals surface area contributed by atoms with E-state index >= 15 is 0 Å². The van der Waals surface area contributed by atoms with Crippen LogP contribution < -0.4 is 10.5 Å². The van der Waals surface area contributed by atoms with E-state index in [4.69, 9.17) is 14.9 Å².